The summed E-state index contributed by atoms with van der Waals surface area (Å²) in [6, 6.07) is 7.76. The number of allylic oxidation sites excluding steroid dienone is 5. The number of hydrogen-bond donors (Lipinski definition) is 0. The molecule has 1 saturated heterocycles. The molecule has 2 nitrogen and oxygen atoms in total. The first-order valence-corrected chi connectivity index (χ1v) is 12.7. The van der Waals surface area contributed by atoms with E-state index in [4.69, 9.17) is 16.3 Å². The fourth-order valence-electron chi connectivity index (χ4n) is 6.62. The van der Waals surface area contributed by atoms with Gasteiger partial charge in [0, 0.05) is 11.6 Å². The van der Waals surface area contributed by atoms with E-state index in [1.165, 1.54) is 58.2 Å². The van der Waals surface area contributed by atoms with Crippen molar-refractivity contribution in [1.82, 2.24) is 4.90 Å². The van der Waals surface area contributed by atoms with Crippen LogP contribution in [0.25, 0.3) is 5.57 Å². The molecule has 0 N–H and O–H groups in total. The van der Waals surface area contributed by atoms with Crippen LogP contribution in [0.15, 0.2) is 67.5 Å². The first-order chi connectivity index (χ1) is 15.5. The molecule has 3 aliphatic carbocycles. The molecule has 1 heterocycles. The molecule has 1 aromatic rings. The summed E-state index contributed by atoms with van der Waals surface area (Å²) in [5, 5.41) is 0.715. The van der Waals surface area contributed by atoms with Gasteiger partial charge in [-0.2, -0.15) is 0 Å². The first kappa shape index (κ1) is 22.0. The van der Waals surface area contributed by atoms with E-state index in [0.29, 0.717) is 22.1 Å². The number of likely N-dealkylation sites (tertiary alicyclic amines) is 1. The molecule has 3 unspecified atom stereocenters. The summed E-state index contributed by atoms with van der Waals surface area (Å²) in [5.74, 6) is 4.08. The average molecular weight is 450 g/mol. The third kappa shape index (κ3) is 4.77. The Morgan fingerprint density at radius 1 is 1.09 bits per heavy atom. The lowest BCUT2D eigenvalue weighted by atomic mass is 9.58. The quantitative estimate of drug-likeness (QED) is 0.237. The first-order valence-electron chi connectivity index (χ1n) is 12.3. The summed E-state index contributed by atoms with van der Waals surface area (Å²) in [6.45, 7) is 12.9. The van der Waals surface area contributed by atoms with Gasteiger partial charge in [-0.3, -0.25) is 0 Å². The third-order valence-electron chi connectivity index (χ3n) is 8.46. The van der Waals surface area contributed by atoms with Crippen molar-refractivity contribution in [2.24, 2.45) is 29.1 Å². The molecule has 1 spiro atoms. The molecule has 32 heavy (non-hydrogen) atoms. The van der Waals surface area contributed by atoms with Gasteiger partial charge in [0.05, 0.1) is 6.61 Å². The third-order valence-corrected chi connectivity index (χ3v) is 8.79. The van der Waals surface area contributed by atoms with Crippen molar-refractivity contribution in [3.8, 4) is 0 Å². The van der Waals surface area contributed by atoms with Crippen LogP contribution >= 0.6 is 11.6 Å². The Balaban J connectivity index is 1.00. The van der Waals surface area contributed by atoms with Crippen LogP contribution in [-0.2, 0) is 4.74 Å². The lowest BCUT2D eigenvalue weighted by Gasteiger charge is -2.52. The molecule has 3 heteroatoms. The highest BCUT2D eigenvalue weighted by molar-refractivity contribution is 6.32. The largest absolute Gasteiger partial charge is 0.494 e. The standard InChI is InChI=1S/C29H36ClNO/c1-21(27-5-3-4-6-28(27)30)7-8-22(2)32-20-24-17-29(18-24)11-13-31(14-12-29)19-26-16-23-9-10-25(26)15-23/h3-10,23-26H,1-2,11-20H2/b8-7-. The number of piperidine rings is 1. The summed E-state index contributed by atoms with van der Waals surface area (Å²) in [7, 11) is 0. The summed E-state index contributed by atoms with van der Waals surface area (Å²) in [6.07, 6.45) is 17.1. The average Bonchev–Trinajstić information content (AvgIpc) is 3.39. The second-order valence-corrected chi connectivity index (χ2v) is 11.1. The normalized spacial score (nSPS) is 29.0. The molecule has 4 aliphatic rings. The molecule has 5 rings (SSSR count). The van der Waals surface area contributed by atoms with Crippen LogP contribution in [-0.4, -0.2) is 31.1 Å². The van der Waals surface area contributed by atoms with Crippen molar-refractivity contribution in [3.63, 3.8) is 0 Å². The Bertz CT molecular complexity index is 915. The number of halogens is 1. The molecule has 1 aliphatic heterocycles. The number of fused-ring (bicyclic) bond motifs is 2. The molecule has 3 atom stereocenters. The SMILES string of the molecule is C=C(/C=C\C(=C)c1ccccc1Cl)OCC1CC2(CCN(CC3CC4C=CC3C4)CC2)C1. The second kappa shape index (κ2) is 9.23. The van der Waals surface area contributed by atoms with E-state index in [0.717, 1.165) is 35.5 Å². The Labute approximate surface area is 198 Å². The van der Waals surface area contributed by atoms with Gasteiger partial charge < -0.3 is 9.64 Å². The second-order valence-electron chi connectivity index (χ2n) is 10.7. The lowest BCUT2D eigenvalue weighted by molar-refractivity contribution is -0.0408. The minimum Gasteiger partial charge on any atom is -0.494 e. The Kier molecular flexibility index (Phi) is 6.36. The number of nitrogens with zero attached hydrogens (tertiary/aromatic N) is 1. The van der Waals surface area contributed by atoms with Gasteiger partial charge in [0.15, 0.2) is 0 Å². The minimum atomic E-state index is 0.592. The molecule has 2 saturated carbocycles. The maximum atomic E-state index is 6.25. The van der Waals surface area contributed by atoms with Gasteiger partial charge in [0.25, 0.3) is 0 Å². The van der Waals surface area contributed by atoms with Gasteiger partial charge in [-0.05, 0) is 104 Å². The summed E-state index contributed by atoms with van der Waals surface area (Å²) < 4.78 is 5.96. The molecule has 2 bridgehead atoms. The minimum absolute atomic E-state index is 0.592. The Morgan fingerprint density at radius 2 is 1.88 bits per heavy atom. The summed E-state index contributed by atoms with van der Waals surface area (Å²) in [4.78, 5) is 2.76. The van der Waals surface area contributed by atoms with E-state index in [1.54, 1.807) is 0 Å². The van der Waals surface area contributed by atoms with Gasteiger partial charge in [-0.1, -0.05) is 61.2 Å². The van der Waals surface area contributed by atoms with Crippen molar-refractivity contribution in [2.75, 3.05) is 26.2 Å². The summed E-state index contributed by atoms with van der Waals surface area (Å²) in [5.41, 5.74) is 2.41. The van der Waals surface area contributed by atoms with E-state index in [-0.39, 0.29) is 0 Å². The van der Waals surface area contributed by atoms with E-state index >= 15 is 0 Å². The maximum absolute atomic E-state index is 6.25. The van der Waals surface area contributed by atoms with Gasteiger partial charge in [0.1, 0.15) is 5.76 Å². The van der Waals surface area contributed by atoms with Crippen LogP contribution in [0, 0.1) is 29.1 Å². The van der Waals surface area contributed by atoms with Crippen molar-refractivity contribution < 1.29 is 4.74 Å². The smallest absolute Gasteiger partial charge is 0.112 e. The lowest BCUT2D eigenvalue weighted by Crippen LogP contribution is -2.49. The zero-order valence-electron chi connectivity index (χ0n) is 19.1. The van der Waals surface area contributed by atoms with Crippen LogP contribution in [0.1, 0.15) is 44.1 Å². The van der Waals surface area contributed by atoms with E-state index in [9.17, 15) is 0 Å². The highest BCUT2D eigenvalue weighted by atomic mass is 35.5. The highest BCUT2D eigenvalue weighted by Crippen LogP contribution is 2.53. The Hall–Kier alpha value is -1.77. The molecule has 0 amide bonds. The zero-order valence-corrected chi connectivity index (χ0v) is 19.9. The number of rotatable bonds is 8. The zero-order chi connectivity index (χ0) is 22.1. The fraction of sp³-hybridized carbons (Fsp3) is 0.517. The molecule has 1 aromatic carbocycles. The van der Waals surface area contributed by atoms with Crippen LogP contribution < -0.4 is 0 Å². The molecule has 0 radical (unpaired) electrons. The predicted molar refractivity (Wildman–Crippen MR) is 134 cm³/mol. The molecule has 170 valence electrons. The van der Waals surface area contributed by atoms with Crippen LogP contribution in [0.4, 0.5) is 0 Å². The van der Waals surface area contributed by atoms with Crippen molar-refractivity contribution in [3.05, 3.63) is 78.1 Å². The van der Waals surface area contributed by atoms with Crippen LogP contribution in [0.3, 0.4) is 0 Å². The highest BCUT2D eigenvalue weighted by Gasteiger charge is 2.46. The van der Waals surface area contributed by atoms with E-state index in [2.05, 4.69) is 30.2 Å². The number of hydrogen-bond acceptors (Lipinski definition) is 2. The van der Waals surface area contributed by atoms with Gasteiger partial charge in [-0.25, -0.2) is 0 Å². The topological polar surface area (TPSA) is 12.5 Å². The van der Waals surface area contributed by atoms with Gasteiger partial charge in [-0.15, -0.1) is 0 Å². The molecular formula is C29H36ClNO. The predicted octanol–water partition coefficient (Wildman–Crippen LogP) is 7.14. The molecule has 0 aromatic heterocycles. The van der Waals surface area contributed by atoms with Crippen LogP contribution in [0.5, 0.6) is 0 Å². The maximum Gasteiger partial charge on any atom is 0.112 e. The van der Waals surface area contributed by atoms with E-state index in [1.807, 2.05) is 36.4 Å². The van der Waals surface area contributed by atoms with Crippen molar-refractivity contribution in [2.45, 2.75) is 38.5 Å². The number of benzene rings is 1. The monoisotopic (exact) mass is 449 g/mol. The summed E-state index contributed by atoms with van der Waals surface area (Å²) >= 11 is 6.25. The molecule has 3 fully saturated rings. The molecular weight excluding hydrogens is 414 g/mol. The Morgan fingerprint density at radius 3 is 2.56 bits per heavy atom. The number of ether oxygens (including phenoxy) is 1. The van der Waals surface area contributed by atoms with Crippen LogP contribution in [0.2, 0.25) is 5.02 Å². The van der Waals surface area contributed by atoms with Crippen molar-refractivity contribution in [1.29, 1.82) is 0 Å². The fourth-order valence-corrected chi connectivity index (χ4v) is 6.87. The van der Waals surface area contributed by atoms with E-state index < -0.39 is 0 Å². The van der Waals surface area contributed by atoms with Gasteiger partial charge in [0.2, 0.25) is 0 Å². The van der Waals surface area contributed by atoms with Crippen molar-refractivity contribution >= 4 is 17.2 Å². The van der Waals surface area contributed by atoms with Gasteiger partial charge >= 0.3 is 0 Å².